The maximum atomic E-state index is 13.7. The number of aryl methyl sites for hydroxylation is 1. The number of hydrogen-bond acceptors (Lipinski definition) is 7. The molecule has 9 nitrogen and oxygen atoms in total. The van der Waals surface area contributed by atoms with Gasteiger partial charge in [0.15, 0.2) is 5.82 Å². The molecule has 1 aliphatic rings. The third-order valence-corrected chi connectivity index (χ3v) is 5.47. The number of benzene rings is 1. The molecule has 33 heavy (non-hydrogen) atoms. The molecule has 1 aromatic carbocycles. The number of alkyl halides is 2. The van der Waals surface area contributed by atoms with Gasteiger partial charge in [-0.25, -0.2) is 23.8 Å². The van der Waals surface area contributed by atoms with Crippen molar-refractivity contribution in [1.82, 2.24) is 29.9 Å². The SMILES string of the molecule is Cc1nc(C(F)F)cc(N2C[C@H](C)N(C(=O)c3cc(Cl)ccc3-n3nccn3)[C@H](C)CO2)n1. The molecule has 4 rings (SSSR count). The number of hydrogen-bond donors (Lipinski definition) is 0. The van der Waals surface area contributed by atoms with Crippen LogP contribution in [0.5, 0.6) is 0 Å². The zero-order valence-electron chi connectivity index (χ0n) is 18.2. The Bertz CT molecular complexity index is 1150. The zero-order chi connectivity index (χ0) is 23.7. The lowest BCUT2D eigenvalue weighted by molar-refractivity contribution is 0.0544. The van der Waals surface area contributed by atoms with E-state index >= 15 is 0 Å². The van der Waals surface area contributed by atoms with E-state index in [4.69, 9.17) is 16.4 Å². The second-order valence-electron chi connectivity index (χ2n) is 7.75. The highest BCUT2D eigenvalue weighted by molar-refractivity contribution is 6.31. The minimum absolute atomic E-state index is 0.138. The Balaban J connectivity index is 1.65. The number of nitrogens with zero attached hydrogens (tertiary/aromatic N) is 7. The van der Waals surface area contributed by atoms with E-state index < -0.39 is 6.43 Å². The van der Waals surface area contributed by atoms with Crippen LogP contribution >= 0.6 is 11.6 Å². The van der Waals surface area contributed by atoms with Crippen LogP contribution in [0.25, 0.3) is 5.69 Å². The van der Waals surface area contributed by atoms with Crippen LogP contribution in [0.2, 0.25) is 5.02 Å². The molecule has 0 unspecified atom stereocenters. The summed E-state index contributed by atoms with van der Waals surface area (Å²) in [4.78, 5) is 30.6. The summed E-state index contributed by atoms with van der Waals surface area (Å²) in [5.74, 6) is 0.150. The van der Waals surface area contributed by atoms with Crippen molar-refractivity contribution in [3.63, 3.8) is 0 Å². The Kier molecular flexibility index (Phi) is 6.52. The highest BCUT2D eigenvalue weighted by atomic mass is 35.5. The minimum atomic E-state index is -2.73. The van der Waals surface area contributed by atoms with Crippen LogP contribution in [-0.2, 0) is 4.84 Å². The molecule has 2 aromatic heterocycles. The van der Waals surface area contributed by atoms with Gasteiger partial charge in [-0.2, -0.15) is 15.0 Å². The van der Waals surface area contributed by atoms with Gasteiger partial charge >= 0.3 is 0 Å². The topological polar surface area (TPSA) is 89.3 Å². The number of carbonyl (C=O) groups is 1. The summed E-state index contributed by atoms with van der Waals surface area (Å²) in [6.07, 6.45) is 0.302. The van der Waals surface area contributed by atoms with Crippen LogP contribution in [0.4, 0.5) is 14.6 Å². The molecule has 1 fully saturated rings. The van der Waals surface area contributed by atoms with Crippen LogP contribution < -0.4 is 5.06 Å². The van der Waals surface area contributed by atoms with Crippen molar-refractivity contribution in [2.75, 3.05) is 18.2 Å². The standard InChI is InChI=1S/C21H22ClF2N7O2/c1-12-10-29(19-9-17(20(23)24)27-14(3)28-19)33-11-13(2)30(12)21(32)16-8-15(22)4-5-18(16)31-25-6-7-26-31/h4-9,12-13,20H,10-11H2,1-3H3/t12-,13+/m0/s1. The van der Waals surface area contributed by atoms with Crippen molar-refractivity contribution in [2.45, 2.75) is 39.3 Å². The van der Waals surface area contributed by atoms with Gasteiger partial charge in [0, 0.05) is 17.1 Å². The molecule has 3 aromatic rings. The van der Waals surface area contributed by atoms with Gasteiger partial charge in [0.2, 0.25) is 0 Å². The van der Waals surface area contributed by atoms with Crippen LogP contribution in [0.1, 0.15) is 42.1 Å². The summed E-state index contributed by atoms with van der Waals surface area (Å²) >= 11 is 6.20. The Hall–Kier alpha value is -3.18. The molecule has 12 heteroatoms. The number of halogens is 3. The molecule has 3 heterocycles. The van der Waals surface area contributed by atoms with Gasteiger partial charge in [-0.1, -0.05) is 11.6 Å². The van der Waals surface area contributed by atoms with Crippen LogP contribution in [-0.4, -0.2) is 61.0 Å². The number of aromatic nitrogens is 5. The fourth-order valence-corrected chi connectivity index (χ4v) is 3.97. The fraction of sp³-hybridized carbons (Fsp3) is 0.381. The number of carbonyl (C=O) groups excluding carboxylic acids is 1. The van der Waals surface area contributed by atoms with Crippen LogP contribution in [0, 0.1) is 6.92 Å². The van der Waals surface area contributed by atoms with Gasteiger partial charge in [-0.3, -0.25) is 9.63 Å². The number of amides is 1. The maximum absolute atomic E-state index is 13.7. The Morgan fingerprint density at radius 3 is 2.58 bits per heavy atom. The highest BCUT2D eigenvalue weighted by Crippen LogP contribution is 2.27. The van der Waals surface area contributed by atoms with Crippen LogP contribution in [0.15, 0.2) is 36.7 Å². The van der Waals surface area contributed by atoms with E-state index in [1.165, 1.54) is 28.3 Å². The van der Waals surface area contributed by atoms with Crippen molar-refractivity contribution in [3.8, 4) is 5.69 Å². The molecular weight excluding hydrogens is 456 g/mol. The predicted molar refractivity (Wildman–Crippen MR) is 116 cm³/mol. The van der Waals surface area contributed by atoms with Crippen molar-refractivity contribution in [3.05, 3.63) is 58.8 Å². The second-order valence-corrected chi connectivity index (χ2v) is 8.18. The van der Waals surface area contributed by atoms with Crippen molar-refractivity contribution in [1.29, 1.82) is 0 Å². The fourth-order valence-electron chi connectivity index (χ4n) is 3.80. The molecule has 0 aliphatic carbocycles. The van der Waals surface area contributed by atoms with E-state index in [2.05, 4.69) is 20.2 Å². The smallest absolute Gasteiger partial charge is 0.280 e. The van der Waals surface area contributed by atoms with Crippen molar-refractivity contribution < 1.29 is 18.4 Å². The van der Waals surface area contributed by atoms with Gasteiger partial charge in [-0.05, 0) is 39.0 Å². The molecule has 0 saturated carbocycles. The van der Waals surface area contributed by atoms with E-state index in [1.54, 1.807) is 30.0 Å². The van der Waals surface area contributed by atoms with E-state index in [0.717, 1.165) is 0 Å². The average molecular weight is 478 g/mol. The van der Waals surface area contributed by atoms with E-state index in [1.807, 2.05) is 13.8 Å². The summed E-state index contributed by atoms with van der Waals surface area (Å²) in [6, 6.07) is 5.44. The van der Waals surface area contributed by atoms with Gasteiger partial charge in [0.1, 0.15) is 11.5 Å². The first-order valence-electron chi connectivity index (χ1n) is 10.3. The normalized spacial score (nSPS) is 19.1. The van der Waals surface area contributed by atoms with Gasteiger partial charge < -0.3 is 4.90 Å². The predicted octanol–water partition coefficient (Wildman–Crippen LogP) is 3.63. The third kappa shape index (κ3) is 4.79. The monoisotopic (exact) mass is 477 g/mol. The summed E-state index contributed by atoms with van der Waals surface area (Å²) in [7, 11) is 0. The zero-order valence-corrected chi connectivity index (χ0v) is 18.9. The summed E-state index contributed by atoms with van der Waals surface area (Å²) in [6.45, 7) is 5.60. The third-order valence-electron chi connectivity index (χ3n) is 5.23. The second kappa shape index (κ2) is 9.36. The molecule has 0 spiro atoms. The molecule has 1 aliphatic heterocycles. The molecule has 1 amide bonds. The first-order valence-corrected chi connectivity index (χ1v) is 10.7. The Morgan fingerprint density at radius 1 is 1.15 bits per heavy atom. The van der Waals surface area contributed by atoms with E-state index in [-0.39, 0.29) is 48.5 Å². The van der Waals surface area contributed by atoms with Crippen molar-refractivity contribution in [2.24, 2.45) is 0 Å². The minimum Gasteiger partial charge on any atom is -0.329 e. The van der Waals surface area contributed by atoms with E-state index in [9.17, 15) is 13.6 Å². The maximum Gasteiger partial charge on any atom is 0.280 e. The largest absolute Gasteiger partial charge is 0.329 e. The van der Waals surface area contributed by atoms with Gasteiger partial charge in [0.05, 0.1) is 42.8 Å². The Morgan fingerprint density at radius 2 is 1.88 bits per heavy atom. The number of anilines is 1. The molecule has 2 atom stereocenters. The van der Waals surface area contributed by atoms with Crippen molar-refractivity contribution >= 4 is 23.3 Å². The molecule has 0 N–H and O–H groups in total. The molecular formula is C21H22ClF2N7O2. The highest BCUT2D eigenvalue weighted by Gasteiger charge is 2.34. The lowest BCUT2D eigenvalue weighted by Crippen LogP contribution is -2.47. The molecule has 174 valence electrons. The first kappa shape index (κ1) is 23.0. The summed E-state index contributed by atoms with van der Waals surface area (Å²) in [5.41, 5.74) is 0.446. The first-order chi connectivity index (χ1) is 15.7. The van der Waals surface area contributed by atoms with Gasteiger partial charge in [0.25, 0.3) is 12.3 Å². The number of hydroxylamine groups is 1. The average Bonchev–Trinajstić information content (AvgIpc) is 3.25. The lowest BCUT2D eigenvalue weighted by Gasteiger charge is -2.32. The quantitative estimate of drug-likeness (QED) is 0.567. The van der Waals surface area contributed by atoms with Crippen LogP contribution in [0.3, 0.4) is 0 Å². The summed E-state index contributed by atoms with van der Waals surface area (Å²) in [5, 5.41) is 10.1. The lowest BCUT2D eigenvalue weighted by atomic mass is 10.1. The molecule has 1 saturated heterocycles. The Labute approximate surface area is 193 Å². The molecule has 0 bridgehead atoms. The van der Waals surface area contributed by atoms with Gasteiger partial charge in [-0.15, -0.1) is 0 Å². The molecule has 0 radical (unpaired) electrons. The van der Waals surface area contributed by atoms with E-state index in [0.29, 0.717) is 16.3 Å². The number of rotatable bonds is 4. The summed E-state index contributed by atoms with van der Waals surface area (Å²) < 4.78 is 26.5.